The average Bonchev–Trinajstić information content (AvgIpc) is 2.81. The Hall–Kier alpha value is -1.57. The molecule has 2 rings (SSSR count). The van der Waals surface area contributed by atoms with Gasteiger partial charge in [0, 0.05) is 26.1 Å². The smallest absolute Gasteiger partial charge is 0.233 e. The first-order valence-electron chi connectivity index (χ1n) is 6.12. The second-order valence-corrected chi connectivity index (χ2v) is 5.51. The largest absolute Gasteiger partial charge is 0.369 e. The fourth-order valence-electron chi connectivity index (χ4n) is 2.03. The molecular weight excluding hydrogens is 266 g/mol. The second kappa shape index (κ2) is 6.05. The standard InChI is InChI=1S/C11H17N5O2S/c1-15-7-13-14-11(15)19-6-9(17)16-4-2-8(3-5-16)10(12)18/h7-8H,2-6H2,1H3,(H2,12,18). The zero-order valence-corrected chi connectivity index (χ0v) is 11.6. The predicted molar refractivity (Wildman–Crippen MR) is 70.2 cm³/mol. The summed E-state index contributed by atoms with van der Waals surface area (Å²) in [4.78, 5) is 24.8. The zero-order valence-electron chi connectivity index (χ0n) is 10.8. The molecule has 2 amide bonds. The van der Waals surface area contributed by atoms with Gasteiger partial charge in [0.1, 0.15) is 6.33 Å². The van der Waals surface area contributed by atoms with Crippen molar-refractivity contribution in [2.75, 3.05) is 18.8 Å². The molecular formula is C11H17N5O2S. The van der Waals surface area contributed by atoms with Crippen molar-refractivity contribution < 1.29 is 9.59 Å². The molecule has 1 saturated heterocycles. The fourth-order valence-corrected chi connectivity index (χ4v) is 2.83. The van der Waals surface area contributed by atoms with E-state index >= 15 is 0 Å². The molecule has 1 aliphatic rings. The van der Waals surface area contributed by atoms with Crippen LogP contribution in [0.4, 0.5) is 0 Å². The van der Waals surface area contributed by atoms with E-state index in [9.17, 15) is 9.59 Å². The van der Waals surface area contributed by atoms with Gasteiger partial charge < -0.3 is 15.2 Å². The minimum Gasteiger partial charge on any atom is -0.369 e. The monoisotopic (exact) mass is 283 g/mol. The zero-order chi connectivity index (χ0) is 13.8. The first kappa shape index (κ1) is 13.9. The third kappa shape index (κ3) is 3.46. The summed E-state index contributed by atoms with van der Waals surface area (Å²) < 4.78 is 1.78. The lowest BCUT2D eigenvalue weighted by molar-refractivity contribution is -0.132. The number of carbonyl (C=O) groups is 2. The Morgan fingerprint density at radius 3 is 2.68 bits per heavy atom. The van der Waals surface area contributed by atoms with Gasteiger partial charge in [-0.2, -0.15) is 0 Å². The molecule has 7 nitrogen and oxygen atoms in total. The van der Waals surface area contributed by atoms with Crippen LogP contribution in [0.3, 0.4) is 0 Å². The summed E-state index contributed by atoms with van der Waals surface area (Å²) >= 11 is 1.37. The Morgan fingerprint density at radius 2 is 2.16 bits per heavy atom. The molecule has 0 bridgehead atoms. The Balaban J connectivity index is 1.79. The molecule has 0 spiro atoms. The van der Waals surface area contributed by atoms with E-state index in [1.807, 2.05) is 7.05 Å². The number of aromatic nitrogens is 3. The van der Waals surface area contributed by atoms with Crippen molar-refractivity contribution >= 4 is 23.6 Å². The maximum absolute atomic E-state index is 12.0. The van der Waals surface area contributed by atoms with E-state index in [0.717, 1.165) is 5.16 Å². The van der Waals surface area contributed by atoms with Crippen LogP contribution in [0, 0.1) is 5.92 Å². The Kier molecular flexibility index (Phi) is 4.41. The number of thioether (sulfide) groups is 1. The van der Waals surface area contributed by atoms with Gasteiger partial charge in [0.25, 0.3) is 0 Å². The normalized spacial score (nSPS) is 16.6. The molecule has 0 aliphatic carbocycles. The summed E-state index contributed by atoms with van der Waals surface area (Å²) in [6.07, 6.45) is 2.93. The predicted octanol–water partition coefficient (Wildman–Crippen LogP) is -0.369. The molecule has 0 atom stereocenters. The van der Waals surface area contributed by atoms with Gasteiger partial charge in [-0.15, -0.1) is 10.2 Å². The van der Waals surface area contributed by atoms with Crippen LogP contribution < -0.4 is 5.73 Å². The minimum atomic E-state index is -0.263. The van der Waals surface area contributed by atoms with Gasteiger partial charge in [-0.25, -0.2) is 0 Å². The van der Waals surface area contributed by atoms with Gasteiger partial charge in [-0.05, 0) is 12.8 Å². The van der Waals surface area contributed by atoms with Crippen LogP contribution >= 0.6 is 11.8 Å². The van der Waals surface area contributed by atoms with Gasteiger partial charge in [-0.3, -0.25) is 9.59 Å². The molecule has 2 N–H and O–H groups in total. The molecule has 0 radical (unpaired) electrons. The number of primary amides is 1. The number of rotatable bonds is 4. The number of likely N-dealkylation sites (tertiary alicyclic amines) is 1. The van der Waals surface area contributed by atoms with E-state index in [4.69, 9.17) is 5.73 Å². The number of piperidine rings is 1. The second-order valence-electron chi connectivity index (χ2n) is 4.57. The molecule has 1 aromatic rings. The molecule has 1 fully saturated rings. The number of nitrogens with zero attached hydrogens (tertiary/aromatic N) is 4. The number of amides is 2. The van der Waals surface area contributed by atoms with E-state index in [1.165, 1.54) is 11.8 Å². The summed E-state index contributed by atoms with van der Waals surface area (Å²) in [6.45, 7) is 1.21. The quantitative estimate of drug-likeness (QED) is 0.761. The highest BCUT2D eigenvalue weighted by molar-refractivity contribution is 7.99. The summed E-state index contributed by atoms with van der Waals surface area (Å²) in [7, 11) is 1.84. The van der Waals surface area contributed by atoms with E-state index in [0.29, 0.717) is 31.7 Å². The van der Waals surface area contributed by atoms with Gasteiger partial charge >= 0.3 is 0 Å². The number of aryl methyl sites for hydroxylation is 1. The highest BCUT2D eigenvalue weighted by atomic mass is 32.2. The van der Waals surface area contributed by atoms with E-state index in [-0.39, 0.29) is 17.7 Å². The minimum absolute atomic E-state index is 0.0657. The average molecular weight is 283 g/mol. The fraction of sp³-hybridized carbons (Fsp3) is 0.636. The lowest BCUT2D eigenvalue weighted by Gasteiger charge is -2.30. The molecule has 0 unspecified atom stereocenters. The van der Waals surface area contributed by atoms with Crippen LogP contribution in [0.1, 0.15) is 12.8 Å². The SMILES string of the molecule is Cn1cnnc1SCC(=O)N1CCC(C(N)=O)CC1. The van der Waals surface area contributed by atoms with E-state index < -0.39 is 0 Å². The van der Waals surface area contributed by atoms with E-state index in [1.54, 1.807) is 15.8 Å². The first-order valence-corrected chi connectivity index (χ1v) is 7.10. The Labute approximate surface area is 115 Å². The maximum atomic E-state index is 12.0. The van der Waals surface area contributed by atoms with Gasteiger partial charge in [-0.1, -0.05) is 11.8 Å². The third-order valence-electron chi connectivity index (χ3n) is 3.24. The van der Waals surface area contributed by atoms with Crippen LogP contribution in [0.15, 0.2) is 11.5 Å². The summed E-state index contributed by atoms with van der Waals surface area (Å²) in [5.74, 6) is 0.0558. The van der Waals surface area contributed by atoms with Crippen LogP contribution in [0.25, 0.3) is 0 Å². The maximum Gasteiger partial charge on any atom is 0.233 e. The summed E-state index contributed by atoms with van der Waals surface area (Å²) in [5, 5.41) is 8.39. The van der Waals surface area contributed by atoms with Gasteiger partial charge in [0.05, 0.1) is 5.75 Å². The molecule has 0 saturated carbocycles. The van der Waals surface area contributed by atoms with Crippen molar-refractivity contribution in [3.8, 4) is 0 Å². The molecule has 1 aliphatic heterocycles. The van der Waals surface area contributed by atoms with Crippen molar-refractivity contribution in [1.82, 2.24) is 19.7 Å². The van der Waals surface area contributed by atoms with Crippen LogP contribution in [-0.4, -0.2) is 50.3 Å². The van der Waals surface area contributed by atoms with Crippen LogP contribution in [-0.2, 0) is 16.6 Å². The first-order chi connectivity index (χ1) is 9.08. The highest BCUT2D eigenvalue weighted by Crippen LogP contribution is 2.19. The molecule has 8 heteroatoms. The van der Waals surface area contributed by atoms with Crippen LogP contribution in [0.5, 0.6) is 0 Å². The number of hydrogen-bond donors (Lipinski definition) is 1. The van der Waals surface area contributed by atoms with Crippen molar-refractivity contribution in [3.63, 3.8) is 0 Å². The Morgan fingerprint density at radius 1 is 1.47 bits per heavy atom. The van der Waals surface area contributed by atoms with Crippen molar-refractivity contribution in [2.24, 2.45) is 18.7 Å². The van der Waals surface area contributed by atoms with E-state index in [2.05, 4.69) is 10.2 Å². The highest BCUT2D eigenvalue weighted by Gasteiger charge is 2.25. The lowest BCUT2D eigenvalue weighted by Crippen LogP contribution is -2.42. The van der Waals surface area contributed by atoms with Crippen molar-refractivity contribution in [1.29, 1.82) is 0 Å². The Bertz CT molecular complexity index is 467. The number of carbonyl (C=O) groups excluding carboxylic acids is 2. The van der Waals surface area contributed by atoms with Crippen LogP contribution in [0.2, 0.25) is 0 Å². The molecule has 2 heterocycles. The topological polar surface area (TPSA) is 94.1 Å². The summed E-state index contributed by atoms with van der Waals surface area (Å²) in [5.41, 5.74) is 5.26. The molecule has 1 aromatic heterocycles. The lowest BCUT2D eigenvalue weighted by atomic mass is 9.96. The molecule has 0 aromatic carbocycles. The number of nitrogens with two attached hydrogens (primary N) is 1. The third-order valence-corrected chi connectivity index (χ3v) is 4.26. The van der Waals surface area contributed by atoms with Gasteiger partial charge in [0.2, 0.25) is 11.8 Å². The molecule has 104 valence electrons. The summed E-state index contributed by atoms with van der Waals surface area (Å²) in [6, 6.07) is 0. The number of hydrogen-bond acceptors (Lipinski definition) is 5. The molecule has 19 heavy (non-hydrogen) atoms. The van der Waals surface area contributed by atoms with Crippen molar-refractivity contribution in [2.45, 2.75) is 18.0 Å². The van der Waals surface area contributed by atoms with Gasteiger partial charge in [0.15, 0.2) is 5.16 Å². The van der Waals surface area contributed by atoms with Crippen molar-refractivity contribution in [3.05, 3.63) is 6.33 Å².